The van der Waals surface area contributed by atoms with Crippen LogP contribution in [-0.2, 0) is 17.6 Å². The molecule has 0 aliphatic carbocycles. The van der Waals surface area contributed by atoms with Gasteiger partial charge in [-0.05, 0) is 44.3 Å². The van der Waals surface area contributed by atoms with Crippen molar-refractivity contribution in [1.82, 2.24) is 20.0 Å². The highest BCUT2D eigenvalue weighted by Gasteiger charge is 2.26. The zero-order chi connectivity index (χ0) is 18.5. The van der Waals surface area contributed by atoms with Crippen molar-refractivity contribution >= 4 is 11.7 Å². The SMILES string of the molecule is CCc1nnc(N2CCN(C(=O)CN3CCCC3)CC2)c(C#N)c1CC. The number of aryl methyl sites for hydroxylation is 1. The molecule has 26 heavy (non-hydrogen) atoms. The molecule has 2 aliphatic rings. The number of carbonyl (C=O) groups excluding carboxylic acids is 1. The lowest BCUT2D eigenvalue weighted by Gasteiger charge is -2.36. The van der Waals surface area contributed by atoms with E-state index in [0.29, 0.717) is 44.1 Å². The standard InChI is InChI=1S/C19H28N6O/c1-3-15-16(13-20)19(22-21-17(15)4-2)25-11-9-24(10-12-25)18(26)14-23-7-5-6-8-23/h3-12,14H2,1-2H3. The monoisotopic (exact) mass is 356 g/mol. The van der Waals surface area contributed by atoms with E-state index in [4.69, 9.17) is 0 Å². The first kappa shape index (κ1) is 18.6. The smallest absolute Gasteiger partial charge is 0.236 e. The summed E-state index contributed by atoms with van der Waals surface area (Å²) < 4.78 is 0. The number of likely N-dealkylation sites (tertiary alicyclic amines) is 1. The molecule has 0 atom stereocenters. The van der Waals surface area contributed by atoms with Crippen molar-refractivity contribution in [2.24, 2.45) is 0 Å². The van der Waals surface area contributed by atoms with Crippen LogP contribution >= 0.6 is 0 Å². The molecule has 1 aromatic heterocycles. The van der Waals surface area contributed by atoms with Crippen molar-refractivity contribution < 1.29 is 4.79 Å². The van der Waals surface area contributed by atoms with Crippen molar-refractivity contribution in [2.45, 2.75) is 39.5 Å². The molecule has 140 valence electrons. The minimum atomic E-state index is 0.216. The summed E-state index contributed by atoms with van der Waals surface area (Å²) in [5.74, 6) is 0.891. The molecule has 0 spiro atoms. The summed E-state index contributed by atoms with van der Waals surface area (Å²) in [6.07, 6.45) is 3.96. The summed E-state index contributed by atoms with van der Waals surface area (Å²) >= 11 is 0. The maximum atomic E-state index is 12.5. The average Bonchev–Trinajstić information content (AvgIpc) is 3.19. The molecule has 2 fully saturated rings. The van der Waals surface area contributed by atoms with Gasteiger partial charge in [0.05, 0.1) is 12.2 Å². The van der Waals surface area contributed by atoms with Gasteiger partial charge in [0, 0.05) is 26.2 Å². The molecule has 1 aromatic rings. The van der Waals surface area contributed by atoms with Gasteiger partial charge in [0.1, 0.15) is 11.6 Å². The second-order valence-electron chi connectivity index (χ2n) is 6.99. The lowest BCUT2D eigenvalue weighted by atomic mass is 10.0. The van der Waals surface area contributed by atoms with Crippen LogP contribution in [0.1, 0.15) is 43.5 Å². The molecule has 3 rings (SSSR count). The first-order valence-electron chi connectivity index (χ1n) is 9.71. The van der Waals surface area contributed by atoms with Crippen LogP contribution in [0.25, 0.3) is 0 Å². The topological polar surface area (TPSA) is 76.4 Å². The minimum absolute atomic E-state index is 0.216. The Hall–Kier alpha value is -2.20. The third-order valence-electron chi connectivity index (χ3n) is 5.43. The first-order chi connectivity index (χ1) is 12.7. The molecular formula is C19H28N6O. The maximum Gasteiger partial charge on any atom is 0.236 e. The fraction of sp³-hybridized carbons (Fsp3) is 0.684. The molecule has 7 nitrogen and oxygen atoms in total. The Labute approximate surface area is 155 Å². The van der Waals surface area contributed by atoms with Gasteiger partial charge in [-0.2, -0.15) is 10.4 Å². The summed E-state index contributed by atoms with van der Waals surface area (Å²) in [4.78, 5) is 18.8. The molecule has 3 heterocycles. The summed E-state index contributed by atoms with van der Waals surface area (Å²) in [6, 6.07) is 2.34. The van der Waals surface area contributed by atoms with Crippen molar-refractivity contribution in [3.05, 3.63) is 16.8 Å². The number of nitriles is 1. The number of piperazine rings is 1. The summed E-state index contributed by atoms with van der Waals surface area (Å²) in [5, 5.41) is 18.4. The predicted molar refractivity (Wildman–Crippen MR) is 100.0 cm³/mol. The molecule has 0 aromatic carbocycles. The molecule has 0 N–H and O–H groups in total. The maximum absolute atomic E-state index is 12.5. The van der Waals surface area contributed by atoms with Crippen LogP contribution in [0.2, 0.25) is 0 Å². The fourth-order valence-electron chi connectivity index (χ4n) is 3.90. The van der Waals surface area contributed by atoms with E-state index in [0.717, 1.165) is 37.2 Å². The van der Waals surface area contributed by atoms with E-state index >= 15 is 0 Å². The van der Waals surface area contributed by atoms with Crippen LogP contribution in [-0.4, -0.2) is 71.7 Å². The number of rotatable bonds is 5. The van der Waals surface area contributed by atoms with E-state index < -0.39 is 0 Å². The number of carbonyl (C=O) groups is 1. The molecule has 2 saturated heterocycles. The number of hydrogen-bond donors (Lipinski definition) is 0. The van der Waals surface area contributed by atoms with Crippen LogP contribution in [0.5, 0.6) is 0 Å². The molecule has 1 amide bonds. The van der Waals surface area contributed by atoms with Gasteiger partial charge < -0.3 is 9.80 Å². The number of aromatic nitrogens is 2. The second-order valence-corrected chi connectivity index (χ2v) is 6.99. The van der Waals surface area contributed by atoms with Gasteiger partial charge in [0.15, 0.2) is 5.82 Å². The molecule has 0 radical (unpaired) electrons. The normalized spacial score (nSPS) is 18.2. The van der Waals surface area contributed by atoms with Crippen molar-refractivity contribution in [2.75, 3.05) is 50.7 Å². The van der Waals surface area contributed by atoms with Gasteiger partial charge in [-0.25, -0.2) is 0 Å². The van der Waals surface area contributed by atoms with Crippen LogP contribution < -0.4 is 4.90 Å². The van der Waals surface area contributed by atoms with Gasteiger partial charge >= 0.3 is 0 Å². The van der Waals surface area contributed by atoms with E-state index in [-0.39, 0.29) is 5.91 Å². The Bertz CT molecular complexity index is 684. The summed E-state index contributed by atoms with van der Waals surface area (Å²) in [5.41, 5.74) is 2.57. The molecule has 7 heteroatoms. The zero-order valence-corrected chi connectivity index (χ0v) is 15.9. The Morgan fingerprint density at radius 3 is 2.31 bits per heavy atom. The fourth-order valence-corrected chi connectivity index (χ4v) is 3.90. The largest absolute Gasteiger partial charge is 0.350 e. The highest BCUT2D eigenvalue weighted by molar-refractivity contribution is 5.78. The molecular weight excluding hydrogens is 328 g/mol. The second kappa shape index (κ2) is 8.45. The van der Waals surface area contributed by atoms with Crippen molar-refractivity contribution in [1.29, 1.82) is 5.26 Å². The van der Waals surface area contributed by atoms with E-state index in [1.807, 2.05) is 11.8 Å². The highest BCUT2D eigenvalue weighted by atomic mass is 16.2. The van der Waals surface area contributed by atoms with Crippen LogP contribution in [0.4, 0.5) is 5.82 Å². The number of anilines is 1. The highest BCUT2D eigenvalue weighted by Crippen LogP contribution is 2.24. The molecule has 0 unspecified atom stereocenters. The number of nitrogens with zero attached hydrogens (tertiary/aromatic N) is 6. The van der Waals surface area contributed by atoms with E-state index in [1.165, 1.54) is 12.8 Å². The van der Waals surface area contributed by atoms with E-state index in [2.05, 4.69) is 33.0 Å². The minimum Gasteiger partial charge on any atom is -0.350 e. The third-order valence-corrected chi connectivity index (χ3v) is 5.43. The van der Waals surface area contributed by atoms with Crippen molar-refractivity contribution in [3.63, 3.8) is 0 Å². The lowest BCUT2D eigenvalue weighted by Crippen LogP contribution is -2.51. The van der Waals surface area contributed by atoms with E-state index in [1.54, 1.807) is 0 Å². The predicted octanol–water partition coefficient (Wildman–Crippen LogP) is 1.22. The number of amides is 1. The van der Waals surface area contributed by atoms with Gasteiger partial charge in [0.25, 0.3) is 0 Å². The summed E-state index contributed by atoms with van der Waals surface area (Å²) in [7, 11) is 0. The number of hydrogen-bond acceptors (Lipinski definition) is 6. The molecule has 0 saturated carbocycles. The molecule has 2 aliphatic heterocycles. The quantitative estimate of drug-likeness (QED) is 0.789. The lowest BCUT2D eigenvalue weighted by molar-refractivity contribution is -0.132. The first-order valence-corrected chi connectivity index (χ1v) is 9.71. The Morgan fingerprint density at radius 2 is 1.73 bits per heavy atom. The van der Waals surface area contributed by atoms with Gasteiger partial charge in [-0.3, -0.25) is 9.69 Å². The third kappa shape index (κ3) is 3.80. The Kier molecular flexibility index (Phi) is 6.04. The Balaban J connectivity index is 1.66. The zero-order valence-electron chi connectivity index (χ0n) is 15.9. The van der Waals surface area contributed by atoms with Crippen LogP contribution in [0.15, 0.2) is 0 Å². The summed E-state index contributed by atoms with van der Waals surface area (Å²) in [6.45, 7) is 9.45. The van der Waals surface area contributed by atoms with E-state index in [9.17, 15) is 10.1 Å². The van der Waals surface area contributed by atoms with Gasteiger partial charge in [0.2, 0.25) is 5.91 Å². The Morgan fingerprint density at radius 1 is 1.04 bits per heavy atom. The van der Waals surface area contributed by atoms with Crippen LogP contribution in [0, 0.1) is 11.3 Å². The van der Waals surface area contributed by atoms with Gasteiger partial charge in [-0.15, -0.1) is 5.10 Å². The molecule has 0 bridgehead atoms. The van der Waals surface area contributed by atoms with Crippen molar-refractivity contribution in [3.8, 4) is 6.07 Å². The van der Waals surface area contributed by atoms with Crippen LogP contribution in [0.3, 0.4) is 0 Å². The average molecular weight is 356 g/mol. The van der Waals surface area contributed by atoms with Gasteiger partial charge in [-0.1, -0.05) is 13.8 Å².